The summed E-state index contributed by atoms with van der Waals surface area (Å²) in [7, 11) is 1.87. The molecule has 5 nitrogen and oxygen atoms in total. The van der Waals surface area contributed by atoms with Crippen molar-refractivity contribution in [1.29, 1.82) is 0 Å². The third kappa shape index (κ3) is 3.09. The summed E-state index contributed by atoms with van der Waals surface area (Å²) in [6.45, 7) is 4.39. The van der Waals surface area contributed by atoms with Crippen molar-refractivity contribution in [2.24, 2.45) is 7.05 Å². The van der Waals surface area contributed by atoms with E-state index in [0.29, 0.717) is 28.3 Å². The quantitative estimate of drug-likeness (QED) is 0.395. The van der Waals surface area contributed by atoms with Gasteiger partial charge in [-0.1, -0.05) is 53.6 Å². The van der Waals surface area contributed by atoms with E-state index in [1.165, 1.54) is 4.57 Å². The van der Waals surface area contributed by atoms with Crippen LogP contribution in [0.5, 0.6) is 0 Å². The Morgan fingerprint density at radius 2 is 1.66 bits per heavy atom. The molecule has 0 amide bonds. The smallest absolute Gasteiger partial charge is 0.336 e. The Morgan fingerprint density at radius 1 is 0.875 bits per heavy atom. The molecule has 32 heavy (non-hydrogen) atoms. The average Bonchev–Trinajstić information content (AvgIpc) is 3.04. The highest BCUT2D eigenvalue weighted by molar-refractivity contribution is 6.30. The maximum atomic E-state index is 13.8. The molecule has 0 aliphatic heterocycles. The molecular weight excluding hydrogens is 422 g/mol. The maximum absolute atomic E-state index is 13.8. The number of hydrogen-bond donors (Lipinski definition) is 0. The van der Waals surface area contributed by atoms with Gasteiger partial charge in [-0.15, -0.1) is 0 Å². The van der Waals surface area contributed by atoms with Crippen molar-refractivity contribution < 1.29 is 0 Å². The molecule has 0 radical (unpaired) electrons. The van der Waals surface area contributed by atoms with E-state index in [9.17, 15) is 9.59 Å². The molecule has 2 heterocycles. The minimum Gasteiger partial charge on any atom is -0.338 e. The number of nitrogens with zero attached hydrogens (tertiary/aromatic N) is 3. The number of fused-ring (bicyclic) bond motifs is 3. The maximum Gasteiger partial charge on any atom is 0.336 e. The van der Waals surface area contributed by atoms with Crippen molar-refractivity contribution >= 4 is 33.5 Å². The molecule has 3 aromatic carbocycles. The lowest BCUT2D eigenvalue weighted by molar-refractivity contribution is 0.710. The SMILES string of the molecule is Cc1ccc2c(c1)c1c(c(=O)n(-c3cccc(Cl)c3)c(=O)n1Cc1ccccc1C)n2C. The van der Waals surface area contributed by atoms with E-state index in [4.69, 9.17) is 11.6 Å². The van der Waals surface area contributed by atoms with Crippen molar-refractivity contribution in [2.75, 3.05) is 0 Å². The number of aromatic nitrogens is 3. The summed E-state index contributed by atoms with van der Waals surface area (Å²) in [6, 6.07) is 20.9. The average molecular weight is 444 g/mol. The highest BCUT2D eigenvalue weighted by Crippen LogP contribution is 2.27. The van der Waals surface area contributed by atoms with Crippen molar-refractivity contribution in [3.63, 3.8) is 0 Å². The molecule has 160 valence electrons. The van der Waals surface area contributed by atoms with Gasteiger partial charge in [0, 0.05) is 17.5 Å². The molecule has 6 heteroatoms. The van der Waals surface area contributed by atoms with Crippen molar-refractivity contribution in [2.45, 2.75) is 20.4 Å². The van der Waals surface area contributed by atoms with Gasteiger partial charge in [0.05, 0.1) is 23.3 Å². The Kier molecular flexibility index (Phi) is 4.79. The third-order valence-electron chi connectivity index (χ3n) is 6.08. The van der Waals surface area contributed by atoms with E-state index in [2.05, 4.69) is 0 Å². The Morgan fingerprint density at radius 3 is 2.41 bits per heavy atom. The molecule has 0 aliphatic rings. The fourth-order valence-electron chi connectivity index (χ4n) is 4.41. The second-order valence-corrected chi connectivity index (χ2v) is 8.63. The van der Waals surface area contributed by atoms with Crippen LogP contribution in [0.2, 0.25) is 5.02 Å². The van der Waals surface area contributed by atoms with E-state index in [1.54, 1.807) is 28.8 Å². The van der Waals surface area contributed by atoms with Crippen LogP contribution in [-0.4, -0.2) is 13.7 Å². The molecule has 0 bridgehead atoms. The normalized spacial score (nSPS) is 11.5. The van der Waals surface area contributed by atoms with Gasteiger partial charge in [-0.3, -0.25) is 9.36 Å². The molecule has 0 atom stereocenters. The summed E-state index contributed by atoms with van der Waals surface area (Å²) in [4.78, 5) is 27.5. The Balaban J connectivity index is 1.97. The van der Waals surface area contributed by atoms with Gasteiger partial charge >= 0.3 is 5.69 Å². The number of aryl methyl sites for hydroxylation is 3. The van der Waals surface area contributed by atoms with Gasteiger partial charge < -0.3 is 4.57 Å². The highest BCUT2D eigenvalue weighted by atomic mass is 35.5. The van der Waals surface area contributed by atoms with Gasteiger partial charge in [-0.05, 0) is 55.3 Å². The second kappa shape index (κ2) is 7.53. The second-order valence-electron chi connectivity index (χ2n) is 8.19. The fourth-order valence-corrected chi connectivity index (χ4v) is 4.60. The highest BCUT2D eigenvalue weighted by Gasteiger charge is 2.21. The van der Waals surface area contributed by atoms with Crippen LogP contribution in [0.1, 0.15) is 16.7 Å². The molecule has 0 unspecified atom stereocenters. The van der Waals surface area contributed by atoms with Crippen molar-refractivity contribution in [1.82, 2.24) is 13.7 Å². The van der Waals surface area contributed by atoms with Crippen LogP contribution in [0.4, 0.5) is 0 Å². The number of rotatable bonds is 3. The van der Waals surface area contributed by atoms with Crippen LogP contribution in [-0.2, 0) is 13.6 Å². The molecule has 0 aliphatic carbocycles. The summed E-state index contributed by atoms with van der Waals surface area (Å²) in [5, 5.41) is 1.36. The van der Waals surface area contributed by atoms with E-state index in [-0.39, 0.29) is 11.2 Å². The van der Waals surface area contributed by atoms with Gasteiger partial charge in [-0.2, -0.15) is 0 Å². The Bertz CT molecular complexity index is 1640. The lowest BCUT2D eigenvalue weighted by Gasteiger charge is -2.14. The molecule has 5 aromatic rings. The molecule has 0 fully saturated rings. The van der Waals surface area contributed by atoms with Gasteiger partial charge in [0.25, 0.3) is 5.56 Å². The van der Waals surface area contributed by atoms with E-state index in [0.717, 1.165) is 27.6 Å². The van der Waals surface area contributed by atoms with Crippen molar-refractivity contribution in [3.8, 4) is 5.69 Å². The van der Waals surface area contributed by atoms with Gasteiger partial charge in [0.15, 0.2) is 0 Å². The fraction of sp³-hybridized carbons (Fsp3) is 0.154. The zero-order chi connectivity index (χ0) is 22.6. The first-order valence-corrected chi connectivity index (χ1v) is 10.8. The summed E-state index contributed by atoms with van der Waals surface area (Å²) >= 11 is 6.19. The van der Waals surface area contributed by atoms with Crippen LogP contribution in [0.15, 0.2) is 76.3 Å². The zero-order valence-electron chi connectivity index (χ0n) is 18.1. The van der Waals surface area contributed by atoms with Crippen LogP contribution < -0.4 is 11.2 Å². The summed E-state index contributed by atoms with van der Waals surface area (Å²) in [5.41, 5.74) is 4.94. The largest absolute Gasteiger partial charge is 0.338 e. The Labute approximate surface area is 189 Å². The topological polar surface area (TPSA) is 48.9 Å². The number of halogens is 1. The molecule has 0 spiro atoms. The third-order valence-corrected chi connectivity index (χ3v) is 6.32. The molecule has 0 N–H and O–H groups in total. The van der Waals surface area contributed by atoms with Crippen LogP contribution in [0.25, 0.3) is 27.6 Å². The minimum absolute atomic E-state index is 0.357. The first-order valence-electron chi connectivity index (χ1n) is 10.4. The zero-order valence-corrected chi connectivity index (χ0v) is 18.8. The summed E-state index contributed by atoms with van der Waals surface area (Å²) < 4.78 is 4.81. The molecule has 0 saturated heterocycles. The van der Waals surface area contributed by atoms with Crippen LogP contribution >= 0.6 is 11.6 Å². The van der Waals surface area contributed by atoms with Crippen LogP contribution in [0, 0.1) is 13.8 Å². The minimum atomic E-state index is -0.387. The monoisotopic (exact) mass is 443 g/mol. The molecule has 5 rings (SSSR count). The standard InChI is InChI=1S/C26H22ClN3O2/c1-16-11-12-22-21(13-16)23-24(28(22)3)25(31)30(20-10-6-9-19(27)14-20)26(32)29(23)15-18-8-5-4-7-17(18)2/h4-14H,15H2,1-3H3. The predicted octanol–water partition coefficient (Wildman–Crippen LogP) is 4.96. The summed E-state index contributed by atoms with van der Waals surface area (Å²) in [5.74, 6) is 0. The first-order chi connectivity index (χ1) is 15.4. The Hall–Kier alpha value is -3.57. The van der Waals surface area contributed by atoms with E-state index >= 15 is 0 Å². The lowest BCUT2D eigenvalue weighted by atomic mass is 10.1. The van der Waals surface area contributed by atoms with Gasteiger partial charge in [0.1, 0.15) is 5.52 Å². The number of hydrogen-bond acceptors (Lipinski definition) is 2. The molecule has 2 aromatic heterocycles. The number of benzene rings is 3. The van der Waals surface area contributed by atoms with Gasteiger partial charge in [-0.25, -0.2) is 9.36 Å². The van der Waals surface area contributed by atoms with Gasteiger partial charge in [0.2, 0.25) is 0 Å². The summed E-state index contributed by atoms with van der Waals surface area (Å²) in [6.07, 6.45) is 0. The van der Waals surface area contributed by atoms with Crippen molar-refractivity contribution in [3.05, 3.63) is 109 Å². The predicted molar refractivity (Wildman–Crippen MR) is 130 cm³/mol. The van der Waals surface area contributed by atoms with E-state index in [1.807, 2.05) is 67.9 Å². The first kappa shape index (κ1) is 20.3. The van der Waals surface area contributed by atoms with E-state index < -0.39 is 0 Å². The van der Waals surface area contributed by atoms with Crippen LogP contribution in [0.3, 0.4) is 0 Å². The molecular formula is C26H22ClN3O2. The molecule has 0 saturated carbocycles. The lowest BCUT2D eigenvalue weighted by Crippen LogP contribution is -2.39.